The number of aryl methyl sites for hydroxylation is 1. The second kappa shape index (κ2) is 6.18. The van der Waals surface area contributed by atoms with Gasteiger partial charge >= 0.3 is 0 Å². The Morgan fingerprint density at radius 3 is 3.06 bits per heavy atom. The molecule has 0 heterocycles. The van der Waals surface area contributed by atoms with Gasteiger partial charge in [-0.15, -0.1) is 0 Å². The van der Waals surface area contributed by atoms with E-state index in [0.717, 1.165) is 12.8 Å². The van der Waals surface area contributed by atoms with Crippen LogP contribution in [0.15, 0.2) is 24.3 Å². The zero-order chi connectivity index (χ0) is 12.1. The number of nitrogens with one attached hydrogen (secondary N) is 1. The lowest BCUT2D eigenvalue weighted by Gasteiger charge is -2.27. The van der Waals surface area contributed by atoms with Crippen molar-refractivity contribution < 1.29 is 5.11 Å². The second-order valence-electron chi connectivity index (χ2n) is 4.99. The Kier molecular flexibility index (Phi) is 4.57. The fourth-order valence-electron chi connectivity index (χ4n) is 2.68. The van der Waals surface area contributed by atoms with Crippen LogP contribution in [0.2, 0.25) is 0 Å². The van der Waals surface area contributed by atoms with Crippen molar-refractivity contribution in [2.45, 2.75) is 51.2 Å². The van der Waals surface area contributed by atoms with Crippen molar-refractivity contribution in [1.82, 2.24) is 5.32 Å². The van der Waals surface area contributed by atoms with E-state index in [2.05, 4.69) is 36.5 Å². The second-order valence-corrected chi connectivity index (χ2v) is 4.99. The molecule has 2 heteroatoms. The summed E-state index contributed by atoms with van der Waals surface area (Å²) in [6.45, 7) is 2.83. The fourth-order valence-corrected chi connectivity index (χ4v) is 2.68. The van der Waals surface area contributed by atoms with E-state index in [4.69, 9.17) is 0 Å². The standard InChI is InChI=1S/C15H23NO/c1-2-6-13(17)11-16-15-10-5-8-12-7-3-4-9-14(12)15/h3-4,7,9,13,15-17H,2,5-6,8,10-11H2,1H3. The Morgan fingerprint density at radius 1 is 1.41 bits per heavy atom. The minimum absolute atomic E-state index is 0.200. The molecule has 1 aliphatic rings. The number of rotatable bonds is 5. The molecular formula is C15H23NO. The maximum Gasteiger partial charge on any atom is 0.0664 e. The van der Waals surface area contributed by atoms with Gasteiger partial charge in [0.15, 0.2) is 0 Å². The minimum Gasteiger partial charge on any atom is -0.392 e. The van der Waals surface area contributed by atoms with E-state index in [1.54, 1.807) is 0 Å². The number of hydrogen-bond donors (Lipinski definition) is 2. The minimum atomic E-state index is -0.200. The van der Waals surface area contributed by atoms with Crippen molar-refractivity contribution in [2.75, 3.05) is 6.54 Å². The van der Waals surface area contributed by atoms with Gasteiger partial charge in [0.2, 0.25) is 0 Å². The van der Waals surface area contributed by atoms with E-state index >= 15 is 0 Å². The summed E-state index contributed by atoms with van der Waals surface area (Å²) in [5.74, 6) is 0. The molecule has 2 atom stereocenters. The summed E-state index contributed by atoms with van der Waals surface area (Å²) in [6, 6.07) is 9.12. The molecule has 17 heavy (non-hydrogen) atoms. The van der Waals surface area contributed by atoms with Crippen molar-refractivity contribution >= 4 is 0 Å². The monoisotopic (exact) mass is 233 g/mol. The van der Waals surface area contributed by atoms with E-state index in [-0.39, 0.29) is 6.10 Å². The van der Waals surface area contributed by atoms with Crippen LogP contribution in [0, 0.1) is 0 Å². The Labute approximate surface area is 104 Å². The molecule has 0 saturated carbocycles. The summed E-state index contributed by atoms with van der Waals surface area (Å²) in [5, 5.41) is 13.3. The molecule has 0 saturated heterocycles. The van der Waals surface area contributed by atoms with Crippen molar-refractivity contribution in [3.63, 3.8) is 0 Å². The summed E-state index contributed by atoms with van der Waals surface area (Å²) in [6.07, 6.45) is 5.38. The van der Waals surface area contributed by atoms with Gasteiger partial charge < -0.3 is 10.4 Å². The van der Waals surface area contributed by atoms with Gasteiger partial charge in [-0.1, -0.05) is 37.6 Å². The van der Waals surface area contributed by atoms with Gasteiger partial charge in [-0.2, -0.15) is 0 Å². The lowest BCUT2D eigenvalue weighted by Crippen LogP contribution is -2.32. The summed E-state index contributed by atoms with van der Waals surface area (Å²) >= 11 is 0. The van der Waals surface area contributed by atoms with Crippen LogP contribution in [0.3, 0.4) is 0 Å². The molecule has 0 aromatic heterocycles. The van der Waals surface area contributed by atoms with Gasteiger partial charge in [0.1, 0.15) is 0 Å². The summed E-state index contributed by atoms with van der Waals surface area (Å²) in [4.78, 5) is 0. The molecule has 1 aromatic carbocycles. The van der Waals surface area contributed by atoms with E-state index < -0.39 is 0 Å². The van der Waals surface area contributed by atoms with Crippen LogP contribution < -0.4 is 5.32 Å². The lowest BCUT2D eigenvalue weighted by molar-refractivity contribution is 0.155. The van der Waals surface area contributed by atoms with Crippen LogP contribution in [0.4, 0.5) is 0 Å². The van der Waals surface area contributed by atoms with E-state index in [0.29, 0.717) is 12.6 Å². The molecule has 0 fully saturated rings. The highest BCUT2D eigenvalue weighted by atomic mass is 16.3. The van der Waals surface area contributed by atoms with Crippen LogP contribution in [0.25, 0.3) is 0 Å². The first-order valence-corrected chi connectivity index (χ1v) is 6.80. The third-order valence-corrected chi connectivity index (χ3v) is 3.59. The molecule has 2 rings (SSSR count). The largest absolute Gasteiger partial charge is 0.392 e. The molecule has 1 aromatic rings. The van der Waals surface area contributed by atoms with Gasteiger partial charge in [-0.25, -0.2) is 0 Å². The van der Waals surface area contributed by atoms with Crippen LogP contribution in [0.5, 0.6) is 0 Å². The molecule has 2 nitrogen and oxygen atoms in total. The summed E-state index contributed by atoms with van der Waals surface area (Å²) < 4.78 is 0. The number of fused-ring (bicyclic) bond motifs is 1. The van der Waals surface area contributed by atoms with Crippen molar-refractivity contribution in [3.05, 3.63) is 35.4 Å². The first-order chi connectivity index (χ1) is 8.31. The molecule has 0 aliphatic heterocycles. The molecule has 2 N–H and O–H groups in total. The maximum atomic E-state index is 9.77. The number of aliphatic hydroxyl groups excluding tert-OH is 1. The number of benzene rings is 1. The van der Waals surface area contributed by atoms with Gasteiger partial charge in [0.25, 0.3) is 0 Å². The van der Waals surface area contributed by atoms with Crippen molar-refractivity contribution in [3.8, 4) is 0 Å². The predicted molar refractivity (Wildman–Crippen MR) is 71.0 cm³/mol. The number of aliphatic hydroxyl groups is 1. The van der Waals surface area contributed by atoms with E-state index in [9.17, 15) is 5.11 Å². The molecular weight excluding hydrogens is 210 g/mol. The SMILES string of the molecule is CCCC(O)CNC1CCCc2ccccc21. The van der Waals surface area contributed by atoms with Gasteiger partial charge in [-0.3, -0.25) is 0 Å². The average Bonchev–Trinajstić information content (AvgIpc) is 2.36. The highest BCUT2D eigenvalue weighted by molar-refractivity contribution is 5.32. The topological polar surface area (TPSA) is 32.3 Å². The van der Waals surface area contributed by atoms with Crippen LogP contribution in [0.1, 0.15) is 49.8 Å². The summed E-state index contributed by atoms with van der Waals surface area (Å²) in [7, 11) is 0. The van der Waals surface area contributed by atoms with E-state index in [1.165, 1.54) is 30.4 Å². The molecule has 0 radical (unpaired) electrons. The highest BCUT2D eigenvalue weighted by Gasteiger charge is 2.19. The molecule has 94 valence electrons. The highest BCUT2D eigenvalue weighted by Crippen LogP contribution is 2.29. The molecule has 0 amide bonds. The zero-order valence-corrected chi connectivity index (χ0v) is 10.7. The third-order valence-electron chi connectivity index (χ3n) is 3.59. The Balaban J connectivity index is 1.94. The number of hydrogen-bond acceptors (Lipinski definition) is 2. The van der Waals surface area contributed by atoms with Crippen LogP contribution in [-0.2, 0) is 6.42 Å². The Morgan fingerprint density at radius 2 is 2.24 bits per heavy atom. The fraction of sp³-hybridized carbons (Fsp3) is 0.600. The maximum absolute atomic E-state index is 9.77. The Hall–Kier alpha value is -0.860. The van der Waals surface area contributed by atoms with Gasteiger partial charge in [0, 0.05) is 12.6 Å². The molecule has 2 unspecified atom stereocenters. The Bertz CT molecular complexity index is 351. The van der Waals surface area contributed by atoms with Crippen LogP contribution in [-0.4, -0.2) is 17.8 Å². The van der Waals surface area contributed by atoms with Crippen molar-refractivity contribution in [1.29, 1.82) is 0 Å². The smallest absolute Gasteiger partial charge is 0.0664 e. The predicted octanol–water partition coefficient (Wildman–Crippen LogP) is 2.81. The summed E-state index contributed by atoms with van der Waals surface area (Å²) in [5.41, 5.74) is 2.91. The zero-order valence-electron chi connectivity index (χ0n) is 10.7. The first-order valence-electron chi connectivity index (χ1n) is 6.80. The first kappa shape index (κ1) is 12.6. The normalized spacial score (nSPS) is 20.9. The lowest BCUT2D eigenvalue weighted by atomic mass is 9.87. The molecule has 0 spiro atoms. The molecule has 1 aliphatic carbocycles. The van der Waals surface area contributed by atoms with Crippen LogP contribution >= 0.6 is 0 Å². The van der Waals surface area contributed by atoms with Gasteiger partial charge in [0.05, 0.1) is 6.10 Å². The average molecular weight is 233 g/mol. The van der Waals surface area contributed by atoms with E-state index in [1.807, 2.05) is 0 Å². The molecule has 0 bridgehead atoms. The van der Waals surface area contributed by atoms with Gasteiger partial charge in [-0.05, 0) is 36.8 Å². The quantitative estimate of drug-likeness (QED) is 0.819. The third kappa shape index (κ3) is 3.30. The van der Waals surface area contributed by atoms with Crippen molar-refractivity contribution in [2.24, 2.45) is 0 Å².